The van der Waals surface area contributed by atoms with E-state index in [2.05, 4.69) is 52.4 Å². The van der Waals surface area contributed by atoms with E-state index in [0.717, 1.165) is 20.1 Å². The Morgan fingerprint density at radius 2 is 1.57 bits per heavy atom. The fourth-order valence-corrected chi connectivity index (χ4v) is 5.44. The first-order valence-corrected chi connectivity index (χ1v) is 13.4. The molecule has 0 bridgehead atoms. The van der Waals surface area contributed by atoms with E-state index in [1.165, 1.54) is 5.56 Å². The SMILES string of the molecule is C/C(CC(C)(C)c1ccccc1)=N/NC(=O)CN(c1ccc(Br)cc1)S(=O)(=O)c1ccc(C)cc1. The van der Waals surface area contributed by atoms with Crippen LogP contribution in [0.2, 0.25) is 0 Å². The summed E-state index contributed by atoms with van der Waals surface area (Å²) in [4.78, 5) is 12.9. The van der Waals surface area contributed by atoms with Gasteiger partial charge in [0.1, 0.15) is 6.54 Å². The Morgan fingerprint density at radius 3 is 2.17 bits per heavy atom. The number of carbonyl (C=O) groups excluding carboxylic acids is 1. The van der Waals surface area contributed by atoms with Crippen LogP contribution in [0.4, 0.5) is 5.69 Å². The van der Waals surface area contributed by atoms with Crippen LogP contribution in [0.3, 0.4) is 0 Å². The standard InChI is InChI=1S/C27H30BrN3O3S/c1-20-10-16-25(17-11-20)35(33,34)31(24-14-12-23(28)13-15-24)19-26(32)30-29-21(2)18-27(3,4)22-8-6-5-7-9-22/h5-17H,18-19H2,1-4H3,(H,30,32)/b29-21-. The third-order valence-electron chi connectivity index (χ3n) is 5.64. The van der Waals surface area contributed by atoms with Gasteiger partial charge in [-0.2, -0.15) is 5.10 Å². The quantitative estimate of drug-likeness (QED) is 0.267. The minimum Gasteiger partial charge on any atom is -0.271 e. The molecule has 0 aliphatic heterocycles. The molecular formula is C27H30BrN3O3S. The van der Waals surface area contributed by atoms with Crippen molar-refractivity contribution in [1.82, 2.24) is 5.43 Å². The molecule has 1 amide bonds. The molecule has 6 nitrogen and oxygen atoms in total. The Morgan fingerprint density at radius 1 is 0.971 bits per heavy atom. The van der Waals surface area contributed by atoms with Crippen LogP contribution in [0.5, 0.6) is 0 Å². The van der Waals surface area contributed by atoms with Crippen LogP contribution >= 0.6 is 15.9 Å². The molecule has 0 atom stereocenters. The van der Waals surface area contributed by atoms with Crippen molar-refractivity contribution in [2.45, 2.75) is 44.4 Å². The van der Waals surface area contributed by atoms with Gasteiger partial charge in [-0.1, -0.05) is 77.8 Å². The van der Waals surface area contributed by atoms with Gasteiger partial charge in [0.15, 0.2) is 0 Å². The number of aryl methyl sites for hydroxylation is 1. The lowest BCUT2D eigenvalue weighted by Gasteiger charge is -2.25. The number of hydrazone groups is 1. The molecule has 3 aromatic carbocycles. The lowest BCUT2D eigenvalue weighted by Crippen LogP contribution is -2.39. The number of sulfonamides is 1. The van der Waals surface area contributed by atoms with Gasteiger partial charge in [-0.15, -0.1) is 0 Å². The highest BCUT2D eigenvalue weighted by atomic mass is 79.9. The number of carbonyl (C=O) groups is 1. The van der Waals surface area contributed by atoms with Crippen molar-refractivity contribution in [2.24, 2.45) is 5.10 Å². The van der Waals surface area contributed by atoms with Crippen LogP contribution in [0.1, 0.15) is 38.3 Å². The highest BCUT2D eigenvalue weighted by Gasteiger charge is 2.27. The zero-order valence-corrected chi connectivity index (χ0v) is 22.7. The number of amides is 1. The van der Waals surface area contributed by atoms with Crippen molar-refractivity contribution in [3.05, 3.63) is 94.5 Å². The van der Waals surface area contributed by atoms with Crippen molar-refractivity contribution in [2.75, 3.05) is 10.8 Å². The molecule has 8 heteroatoms. The van der Waals surface area contributed by atoms with E-state index in [1.807, 2.05) is 32.0 Å². The molecule has 0 aliphatic carbocycles. The maximum Gasteiger partial charge on any atom is 0.264 e. The molecule has 0 aromatic heterocycles. The lowest BCUT2D eigenvalue weighted by atomic mass is 9.80. The molecule has 0 fully saturated rings. The summed E-state index contributed by atoms with van der Waals surface area (Å²) in [6.45, 7) is 7.56. The van der Waals surface area contributed by atoms with Gasteiger partial charge in [-0.25, -0.2) is 13.8 Å². The Balaban J connectivity index is 1.79. The van der Waals surface area contributed by atoms with Gasteiger partial charge in [0.25, 0.3) is 15.9 Å². The molecule has 1 N–H and O–H groups in total. The number of halogens is 1. The normalized spacial score (nSPS) is 12.3. The van der Waals surface area contributed by atoms with Gasteiger partial charge in [0.05, 0.1) is 10.6 Å². The van der Waals surface area contributed by atoms with E-state index in [4.69, 9.17) is 0 Å². The molecule has 184 valence electrons. The molecule has 3 rings (SSSR count). The van der Waals surface area contributed by atoms with Crippen LogP contribution in [-0.4, -0.2) is 26.6 Å². The van der Waals surface area contributed by atoms with Crippen molar-refractivity contribution < 1.29 is 13.2 Å². The molecule has 35 heavy (non-hydrogen) atoms. The van der Waals surface area contributed by atoms with Gasteiger partial charge in [-0.05, 0) is 67.6 Å². The van der Waals surface area contributed by atoms with Gasteiger partial charge in [0.2, 0.25) is 0 Å². The number of benzene rings is 3. The maximum absolute atomic E-state index is 13.4. The summed E-state index contributed by atoms with van der Waals surface area (Å²) in [7, 11) is -3.97. The number of nitrogens with zero attached hydrogens (tertiary/aromatic N) is 2. The smallest absolute Gasteiger partial charge is 0.264 e. The third kappa shape index (κ3) is 7.02. The van der Waals surface area contributed by atoms with E-state index in [-0.39, 0.29) is 10.3 Å². The zero-order chi connectivity index (χ0) is 25.6. The van der Waals surface area contributed by atoms with Crippen molar-refractivity contribution in [3.63, 3.8) is 0 Å². The Kier molecular flexibility index (Phi) is 8.51. The van der Waals surface area contributed by atoms with Crippen LogP contribution in [0, 0.1) is 6.92 Å². The summed E-state index contributed by atoms with van der Waals surface area (Å²) >= 11 is 3.37. The minimum atomic E-state index is -3.97. The van der Waals surface area contributed by atoms with E-state index in [0.29, 0.717) is 12.1 Å². The second-order valence-electron chi connectivity index (χ2n) is 9.11. The van der Waals surface area contributed by atoms with Crippen LogP contribution in [-0.2, 0) is 20.2 Å². The molecule has 3 aromatic rings. The molecule has 0 radical (unpaired) electrons. The number of hydrogen-bond acceptors (Lipinski definition) is 4. The predicted molar refractivity (Wildman–Crippen MR) is 145 cm³/mol. The molecule has 0 unspecified atom stereocenters. The highest BCUT2D eigenvalue weighted by Crippen LogP contribution is 2.27. The van der Waals surface area contributed by atoms with Crippen LogP contribution in [0.25, 0.3) is 0 Å². The monoisotopic (exact) mass is 555 g/mol. The van der Waals surface area contributed by atoms with Crippen molar-refractivity contribution in [1.29, 1.82) is 0 Å². The Hall–Kier alpha value is -2.97. The molecule has 0 aliphatic rings. The van der Waals surface area contributed by atoms with E-state index < -0.39 is 22.5 Å². The molecule has 0 spiro atoms. The molecule has 0 saturated heterocycles. The number of anilines is 1. The first-order valence-electron chi connectivity index (χ1n) is 11.2. The van der Waals surface area contributed by atoms with Crippen LogP contribution in [0.15, 0.2) is 93.3 Å². The number of nitrogens with one attached hydrogen (secondary N) is 1. The first-order chi connectivity index (χ1) is 16.5. The summed E-state index contributed by atoms with van der Waals surface area (Å²) in [5.74, 6) is -0.527. The summed E-state index contributed by atoms with van der Waals surface area (Å²) < 4.78 is 28.8. The van der Waals surface area contributed by atoms with Gasteiger partial charge in [0, 0.05) is 10.2 Å². The van der Waals surface area contributed by atoms with Gasteiger partial charge >= 0.3 is 0 Å². The van der Waals surface area contributed by atoms with E-state index in [9.17, 15) is 13.2 Å². The number of hydrogen-bond donors (Lipinski definition) is 1. The molecular weight excluding hydrogens is 526 g/mol. The summed E-state index contributed by atoms with van der Waals surface area (Å²) in [6.07, 6.45) is 0.634. The average molecular weight is 557 g/mol. The summed E-state index contributed by atoms with van der Waals surface area (Å²) in [5.41, 5.74) is 5.61. The summed E-state index contributed by atoms with van der Waals surface area (Å²) in [5, 5.41) is 4.25. The third-order valence-corrected chi connectivity index (χ3v) is 7.95. The highest BCUT2D eigenvalue weighted by molar-refractivity contribution is 9.10. The topological polar surface area (TPSA) is 78.8 Å². The fraction of sp³-hybridized carbons (Fsp3) is 0.259. The second-order valence-corrected chi connectivity index (χ2v) is 11.9. The zero-order valence-electron chi connectivity index (χ0n) is 20.3. The van der Waals surface area contributed by atoms with E-state index >= 15 is 0 Å². The van der Waals surface area contributed by atoms with Crippen LogP contribution < -0.4 is 9.73 Å². The predicted octanol–water partition coefficient (Wildman–Crippen LogP) is 5.81. The second kappa shape index (κ2) is 11.2. The molecule has 0 saturated carbocycles. The number of rotatable bonds is 9. The largest absolute Gasteiger partial charge is 0.271 e. The molecule has 0 heterocycles. The maximum atomic E-state index is 13.4. The van der Waals surface area contributed by atoms with Gasteiger partial charge < -0.3 is 0 Å². The van der Waals surface area contributed by atoms with Crippen molar-refractivity contribution >= 4 is 43.3 Å². The van der Waals surface area contributed by atoms with E-state index in [1.54, 1.807) is 48.5 Å². The Labute approximate surface area is 216 Å². The fourth-order valence-electron chi connectivity index (χ4n) is 3.75. The average Bonchev–Trinajstić information content (AvgIpc) is 2.82. The summed E-state index contributed by atoms with van der Waals surface area (Å²) in [6, 6.07) is 23.4. The minimum absolute atomic E-state index is 0.114. The van der Waals surface area contributed by atoms with Crippen molar-refractivity contribution in [3.8, 4) is 0 Å². The Bertz CT molecular complexity index is 1290. The van der Waals surface area contributed by atoms with Gasteiger partial charge in [-0.3, -0.25) is 9.10 Å². The lowest BCUT2D eigenvalue weighted by molar-refractivity contribution is -0.119. The first kappa shape index (κ1) is 26.6.